The van der Waals surface area contributed by atoms with Crippen LogP contribution >= 0.6 is 0 Å². The maximum absolute atomic E-state index is 12.7. The maximum atomic E-state index is 12.7. The van der Waals surface area contributed by atoms with Gasteiger partial charge in [-0.05, 0) is 30.7 Å². The Morgan fingerprint density at radius 1 is 1.20 bits per heavy atom. The second kappa shape index (κ2) is 7.25. The lowest BCUT2D eigenvalue weighted by Crippen LogP contribution is -2.29. The van der Waals surface area contributed by atoms with E-state index in [9.17, 15) is 4.79 Å². The first kappa shape index (κ1) is 16.8. The Morgan fingerprint density at radius 3 is 2.68 bits per heavy atom. The first-order valence-corrected chi connectivity index (χ1v) is 8.13. The first-order chi connectivity index (χ1) is 12.2. The molecular weight excluding hydrogens is 318 g/mol. The average Bonchev–Trinajstić information content (AvgIpc) is 3.09. The van der Waals surface area contributed by atoms with Crippen molar-refractivity contribution in [1.82, 2.24) is 15.3 Å². The fraction of sp³-hybridized carbons (Fsp3) is 0.263. The third-order valence-electron chi connectivity index (χ3n) is 4.10. The van der Waals surface area contributed by atoms with Crippen molar-refractivity contribution in [3.05, 3.63) is 53.9 Å². The molecule has 25 heavy (non-hydrogen) atoms. The van der Waals surface area contributed by atoms with Crippen LogP contribution in [0.3, 0.4) is 0 Å². The molecule has 3 rings (SSSR count). The van der Waals surface area contributed by atoms with Crippen molar-refractivity contribution in [1.29, 1.82) is 0 Å². The van der Waals surface area contributed by atoms with Crippen LogP contribution in [0.25, 0.3) is 11.0 Å². The Hall–Kier alpha value is -3.02. The molecule has 1 amide bonds. The van der Waals surface area contributed by atoms with Crippen LogP contribution in [0.1, 0.15) is 35.6 Å². The average molecular weight is 339 g/mol. The Bertz CT molecular complexity index is 856. The number of hydrogen-bond donors (Lipinski definition) is 2. The smallest absolute Gasteiger partial charge is 0.255 e. The van der Waals surface area contributed by atoms with Crippen molar-refractivity contribution in [3.8, 4) is 11.5 Å². The van der Waals surface area contributed by atoms with E-state index < -0.39 is 0 Å². The van der Waals surface area contributed by atoms with Crippen molar-refractivity contribution < 1.29 is 14.3 Å². The van der Waals surface area contributed by atoms with Crippen molar-refractivity contribution in [2.24, 2.45) is 0 Å². The van der Waals surface area contributed by atoms with E-state index in [-0.39, 0.29) is 11.9 Å². The van der Waals surface area contributed by atoms with Gasteiger partial charge in [0.1, 0.15) is 17.3 Å². The number of nitrogens with zero attached hydrogens (tertiary/aromatic N) is 1. The van der Waals surface area contributed by atoms with Crippen molar-refractivity contribution in [2.45, 2.75) is 19.4 Å². The van der Waals surface area contributed by atoms with Crippen LogP contribution in [0.5, 0.6) is 11.5 Å². The SMILES string of the molecule is CCC(NC(=O)c1ccc(OC)cc1OC)c1nc2ccccc2[nH]1. The normalized spacial score (nSPS) is 12.0. The zero-order valence-electron chi connectivity index (χ0n) is 14.5. The molecule has 6 heteroatoms. The molecule has 0 spiro atoms. The summed E-state index contributed by atoms with van der Waals surface area (Å²) in [5.41, 5.74) is 2.29. The summed E-state index contributed by atoms with van der Waals surface area (Å²) in [6.07, 6.45) is 0.712. The van der Waals surface area contributed by atoms with E-state index in [1.165, 1.54) is 7.11 Å². The van der Waals surface area contributed by atoms with Crippen molar-refractivity contribution in [2.75, 3.05) is 14.2 Å². The molecule has 1 unspecified atom stereocenters. The number of imidazole rings is 1. The first-order valence-electron chi connectivity index (χ1n) is 8.13. The highest BCUT2D eigenvalue weighted by Gasteiger charge is 2.20. The van der Waals surface area contributed by atoms with Crippen LogP contribution < -0.4 is 14.8 Å². The number of para-hydroxylation sites is 2. The summed E-state index contributed by atoms with van der Waals surface area (Å²) in [6, 6.07) is 12.7. The van der Waals surface area contributed by atoms with Gasteiger partial charge < -0.3 is 19.8 Å². The Balaban J connectivity index is 1.85. The minimum absolute atomic E-state index is 0.216. The second-order valence-electron chi connectivity index (χ2n) is 5.64. The minimum atomic E-state index is -0.216. The Morgan fingerprint density at radius 2 is 2.00 bits per heavy atom. The number of carbonyl (C=O) groups excluding carboxylic acids is 1. The van der Waals surface area contributed by atoms with Gasteiger partial charge in [-0.25, -0.2) is 4.98 Å². The minimum Gasteiger partial charge on any atom is -0.497 e. The van der Waals surface area contributed by atoms with Gasteiger partial charge >= 0.3 is 0 Å². The topological polar surface area (TPSA) is 76.2 Å². The number of aromatic amines is 1. The molecule has 1 atom stereocenters. The van der Waals surface area contributed by atoms with E-state index in [1.807, 2.05) is 31.2 Å². The predicted octanol–water partition coefficient (Wildman–Crippen LogP) is 3.46. The van der Waals surface area contributed by atoms with Crippen LogP contribution in [-0.2, 0) is 0 Å². The van der Waals surface area contributed by atoms with E-state index in [1.54, 1.807) is 25.3 Å². The number of amides is 1. The quantitative estimate of drug-likeness (QED) is 0.721. The largest absolute Gasteiger partial charge is 0.497 e. The molecule has 0 saturated heterocycles. The molecule has 6 nitrogen and oxygen atoms in total. The summed E-state index contributed by atoms with van der Waals surface area (Å²) in [7, 11) is 3.10. The number of rotatable bonds is 6. The fourth-order valence-corrected chi connectivity index (χ4v) is 2.72. The molecule has 2 aromatic carbocycles. The van der Waals surface area contributed by atoms with Crippen LogP contribution in [0, 0.1) is 0 Å². The van der Waals surface area contributed by atoms with E-state index >= 15 is 0 Å². The number of H-pyrrole nitrogens is 1. The number of carbonyl (C=O) groups is 1. The molecule has 3 aromatic rings. The molecule has 0 fully saturated rings. The molecular formula is C19H21N3O3. The third-order valence-corrected chi connectivity index (χ3v) is 4.10. The molecule has 130 valence electrons. The van der Waals surface area contributed by atoms with Gasteiger partial charge in [-0.3, -0.25) is 4.79 Å². The van der Waals surface area contributed by atoms with Gasteiger partial charge in [-0.1, -0.05) is 19.1 Å². The molecule has 0 aliphatic heterocycles. The molecule has 0 saturated carbocycles. The van der Waals surface area contributed by atoms with Crippen molar-refractivity contribution in [3.63, 3.8) is 0 Å². The highest BCUT2D eigenvalue weighted by atomic mass is 16.5. The summed E-state index contributed by atoms with van der Waals surface area (Å²) in [6.45, 7) is 2.00. The summed E-state index contributed by atoms with van der Waals surface area (Å²) < 4.78 is 10.5. The van der Waals surface area contributed by atoms with Gasteiger partial charge in [0.2, 0.25) is 0 Å². The summed E-state index contributed by atoms with van der Waals surface area (Å²) >= 11 is 0. The lowest BCUT2D eigenvalue weighted by Gasteiger charge is -2.16. The number of fused-ring (bicyclic) bond motifs is 1. The second-order valence-corrected chi connectivity index (χ2v) is 5.64. The van der Waals surface area contributed by atoms with Gasteiger partial charge in [-0.2, -0.15) is 0 Å². The predicted molar refractivity (Wildman–Crippen MR) is 96.1 cm³/mol. The number of benzene rings is 2. The van der Waals surface area contributed by atoms with Gasteiger partial charge in [-0.15, -0.1) is 0 Å². The van der Waals surface area contributed by atoms with E-state index in [0.29, 0.717) is 23.5 Å². The van der Waals surface area contributed by atoms with Gasteiger partial charge in [0.15, 0.2) is 0 Å². The standard InChI is InChI=1S/C19H21N3O3/c1-4-14(18-20-15-7-5-6-8-16(15)21-18)22-19(23)13-10-9-12(24-2)11-17(13)25-3/h5-11,14H,4H2,1-3H3,(H,20,21)(H,22,23). The van der Waals surface area contributed by atoms with E-state index in [4.69, 9.17) is 9.47 Å². The number of methoxy groups -OCH3 is 2. The molecule has 0 radical (unpaired) electrons. The summed E-state index contributed by atoms with van der Waals surface area (Å²) in [5.74, 6) is 1.63. The number of aromatic nitrogens is 2. The van der Waals surface area contributed by atoms with Gasteiger partial charge in [0.25, 0.3) is 5.91 Å². The number of ether oxygens (including phenoxy) is 2. The third kappa shape index (κ3) is 3.42. The molecule has 1 aromatic heterocycles. The summed E-state index contributed by atoms with van der Waals surface area (Å²) in [5, 5.41) is 3.02. The van der Waals surface area contributed by atoms with Crippen LogP contribution in [-0.4, -0.2) is 30.1 Å². The van der Waals surface area contributed by atoms with E-state index in [2.05, 4.69) is 15.3 Å². The molecule has 2 N–H and O–H groups in total. The fourth-order valence-electron chi connectivity index (χ4n) is 2.72. The van der Waals surface area contributed by atoms with Gasteiger partial charge in [0, 0.05) is 6.07 Å². The lowest BCUT2D eigenvalue weighted by atomic mass is 10.1. The van der Waals surface area contributed by atoms with Crippen LogP contribution in [0.2, 0.25) is 0 Å². The monoisotopic (exact) mass is 339 g/mol. The van der Waals surface area contributed by atoms with Crippen LogP contribution in [0.4, 0.5) is 0 Å². The highest BCUT2D eigenvalue weighted by Crippen LogP contribution is 2.26. The number of nitrogens with one attached hydrogen (secondary N) is 2. The summed E-state index contributed by atoms with van der Waals surface area (Å²) in [4.78, 5) is 20.6. The Labute approximate surface area is 146 Å². The zero-order chi connectivity index (χ0) is 17.8. The van der Waals surface area contributed by atoms with Gasteiger partial charge in [0.05, 0.1) is 36.9 Å². The lowest BCUT2D eigenvalue weighted by molar-refractivity contribution is 0.0931. The molecule has 0 aliphatic carbocycles. The van der Waals surface area contributed by atoms with Crippen LogP contribution in [0.15, 0.2) is 42.5 Å². The number of hydrogen-bond acceptors (Lipinski definition) is 4. The molecule has 1 heterocycles. The molecule has 0 aliphatic rings. The molecule has 0 bridgehead atoms. The Kier molecular flexibility index (Phi) is 4.88. The van der Waals surface area contributed by atoms with Crippen molar-refractivity contribution >= 4 is 16.9 Å². The highest BCUT2D eigenvalue weighted by molar-refractivity contribution is 5.97. The zero-order valence-corrected chi connectivity index (χ0v) is 14.5. The van der Waals surface area contributed by atoms with E-state index in [0.717, 1.165) is 16.9 Å². The maximum Gasteiger partial charge on any atom is 0.255 e.